The van der Waals surface area contributed by atoms with Gasteiger partial charge in [0, 0.05) is 10.0 Å². The van der Waals surface area contributed by atoms with Gasteiger partial charge in [-0.2, -0.15) is 5.10 Å². The summed E-state index contributed by atoms with van der Waals surface area (Å²) in [6.07, 6.45) is 3.62. The van der Waals surface area contributed by atoms with E-state index in [4.69, 9.17) is 23.2 Å². The number of hydrogen-bond acceptors (Lipinski definition) is 5. The van der Waals surface area contributed by atoms with Gasteiger partial charge >= 0.3 is 0 Å². The monoisotopic (exact) mass is 445 g/mol. The standard InChI is InChI=1S/C21H18Cl2FN5O/c22-15-4-1-14(18(23)10-15)9-19(13-2-5-16(24)6-3-13)28-20-17-11-27-29(7-8-30)21(17)26-12-25-20/h1-6,10-12,19,30H,7-9H2,(H,25,26,28). The minimum absolute atomic E-state index is 0.0448. The third-order valence-electron chi connectivity index (χ3n) is 4.77. The zero-order chi connectivity index (χ0) is 21.1. The maximum Gasteiger partial charge on any atom is 0.163 e. The van der Waals surface area contributed by atoms with Crippen LogP contribution in [-0.4, -0.2) is 31.5 Å². The Morgan fingerprint density at radius 2 is 1.90 bits per heavy atom. The van der Waals surface area contributed by atoms with Crippen molar-refractivity contribution in [1.29, 1.82) is 0 Å². The predicted octanol–water partition coefficient (Wildman–Crippen LogP) is 4.66. The van der Waals surface area contributed by atoms with E-state index in [2.05, 4.69) is 20.4 Å². The number of rotatable bonds is 7. The summed E-state index contributed by atoms with van der Waals surface area (Å²) in [5.74, 6) is 0.278. The Hall–Kier alpha value is -2.74. The van der Waals surface area contributed by atoms with E-state index in [-0.39, 0.29) is 18.5 Å². The Morgan fingerprint density at radius 1 is 1.10 bits per heavy atom. The number of aliphatic hydroxyl groups excluding tert-OH is 1. The molecular weight excluding hydrogens is 428 g/mol. The third-order valence-corrected chi connectivity index (χ3v) is 5.35. The average molecular weight is 446 g/mol. The number of nitrogens with one attached hydrogen (secondary N) is 1. The van der Waals surface area contributed by atoms with Gasteiger partial charge in [0.05, 0.1) is 30.8 Å². The fraction of sp³-hybridized carbons (Fsp3) is 0.190. The molecule has 1 unspecified atom stereocenters. The number of benzene rings is 2. The van der Waals surface area contributed by atoms with E-state index < -0.39 is 0 Å². The molecular formula is C21H18Cl2FN5O. The van der Waals surface area contributed by atoms with Gasteiger partial charge < -0.3 is 10.4 Å². The van der Waals surface area contributed by atoms with Gasteiger partial charge in [0.15, 0.2) is 5.65 Å². The molecule has 4 rings (SSSR count). The summed E-state index contributed by atoms with van der Waals surface area (Å²) in [6, 6.07) is 11.4. The second-order valence-electron chi connectivity index (χ2n) is 6.74. The topological polar surface area (TPSA) is 75.9 Å². The minimum atomic E-state index is -0.309. The summed E-state index contributed by atoms with van der Waals surface area (Å²) >= 11 is 12.4. The van der Waals surface area contributed by atoms with Crippen LogP contribution in [0.5, 0.6) is 0 Å². The van der Waals surface area contributed by atoms with Crippen LogP contribution in [0.25, 0.3) is 11.0 Å². The molecule has 0 aliphatic heterocycles. The predicted molar refractivity (Wildman–Crippen MR) is 115 cm³/mol. The lowest BCUT2D eigenvalue weighted by Gasteiger charge is -2.21. The molecule has 0 aliphatic rings. The zero-order valence-electron chi connectivity index (χ0n) is 15.8. The fourth-order valence-corrected chi connectivity index (χ4v) is 3.77. The van der Waals surface area contributed by atoms with Gasteiger partial charge in [-0.1, -0.05) is 41.4 Å². The number of anilines is 1. The van der Waals surface area contributed by atoms with Crippen LogP contribution in [0.15, 0.2) is 55.0 Å². The molecule has 6 nitrogen and oxygen atoms in total. The van der Waals surface area contributed by atoms with Gasteiger partial charge in [-0.25, -0.2) is 19.0 Å². The molecule has 30 heavy (non-hydrogen) atoms. The van der Waals surface area contributed by atoms with Gasteiger partial charge in [0.2, 0.25) is 0 Å². The molecule has 0 aliphatic carbocycles. The van der Waals surface area contributed by atoms with Crippen molar-refractivity contribution in [3.8, 4) is 0 Å². The Balaban J connectivity index is 1.71. The van der Waals surface area contributed by atoms with Crippen LogP contribution in [-0.2, 0) is 13.0 Å². The van der Waals surface area contributed by atoms with Crippen LogP contribution in [0, 0.1) is 5.82 Å². The average Bonchev–Trinajstić information content (AvgIpc) is 3.14. The highest BCUT2D eigenvalue weighted by molar-refractivity contribution is 6.35. The van der Waals surface area contributed by atoms with Gasteiger partial charge in [-0.3, -0.25) is 0 Å². The van der Waals surface area contributed by atoms with Gasteiger partial charge in [-0.15, -0.1) is 0 Å². The van der Waals surface area contributed by atoms with Gasteiger partial charge in [-0.05, 0) is 41.8 Å². The Kier molecular flexibility index (Phi) is 6.13. The molecule has 0 fully saturated rings. The number of nitrogens with zero attached hydrogens (tertiary/aromatic N) is 4. The van der Waals surface area contributed by atoms with Crippen molar-refractivity contribution in [3.05, 3.63) is 82.0 Å². The fourth-order valence-electron chi connectivity index (χ4n) is 3.29. The largest absolute Gasteiger partial charge is 0.394 e. The van der Waals surface area contributed by atoms with Gasteiger partial charge in [0.1, 0.15) is 18.0 Å². The third kappa shape index (κ3) is 4.38. The molecule has 2 aromatic heterocycles. The van der Waals surface area contributed by atoms with Crippen LogP contribution in [0.3, 0.4) is 0 Å². The number of aliphatic hydroxyl groups is 1. The lowest BCUT2D eigenvalue weighted by molar-refractivity contribution is 0.271. The molecule has 0 amide bonds. The first-order valence-electron chi connectivity index (χ1n) is 9.28. The molecule has 1 atom stereocenters. The normalized spacial score (nSPS) is 12.3. The molecule has 4 aromatic rings. The summed E-state index contributed by atoms with van der Waals surface area (Å²) in [7, 11) is 0. The van der Waals surface area contributed by atoms with Crippen LogP contribution >= 0.6 is 23.2 Å². The highest BCUT2D eigenvalue weighted by Gasteiger charge is 2.18. The number of fused-ring (bicyclic) bond motifs is 1. The molecule has 0 saturated heterocycles. The maximum absolute atomic E-state index is 13.5. The summed E-state index contributed by atoms with van der Waals surface area (Å²) in [5, 5.41) is 18.8. The smallest absolute Gasteiger partial charge is 0.163 e. The van der Waals surface area contributed by atoms with Crippen molar-refractivity contribution in [2.45, 2.75) is 19.0 Å². The molecule has 0 radical (unpaired) electrons. The van der Waals surface area contributed by atoms with Crippen molar-refractivity contribution in [2.24, 2.45) is 0 Å². The highest BCUT2D eigenvalue weighted by Crippen LogP contribution is 2.30. The number of hydrogen-bond donors (Lipinski definition) is 2. The van der Waals surface area contributed by atoms with Crippen LogP contribution in [0.1, 0.15) is 17.2 Å². The van der Waals surface area contributed by atoms with E-state index in [1.165, 1.54) is 18.5 Å². The molecule has 0 spiro atoms. The first-order chi connectivity index (χ1) is 14.5. The van der Waals surface area contributed by atoms with E-state index in [1.807, 2.05) is 6.07 Å². The van der Waals surface area contributed by atoms with Crippen molar-refractivity contribution >= 4 is 40.1 Å². The first-order valence-corrected chi connectivity index (χ1v) is 10.0. The van der Waals surface area contributed by atoms with E-state index in [0.29, 0.717) is 34.5 Å². The molecule has 2 aromatic carbocycles. The van der Waals surface area contributed by atoms with Gasteiger partial charge in [0.25, 0.3) is 0 Å². The lowest BCUT2D eigenvalue weighted by Crippen LogP contribution is -2.15. The van der Waals surface area contributed by atoms with Crippen molar-refractivity contribution in [1.82, 2.24) is 19.7 Å². The first kappa shape index (κ1) is 20.5. The Labute approximate surface area is 182 Å². The SMILES string of the molecule is OCCn1ncc2c(NC(Cc3ccc(Cl)cc3Cl)c3ccc(F)cc3)ncnc21. The van der Waals surface area contributed by atoms with E-state index in [9.17, 15) is 9.50 Å². The summed E-state index contributed by atoms with van der Waals surface area (Å²) in [5.41, 5.74) is 2.38. The van der Waals surface area contributed by atoms with Crippen molar-refractivity contribution in [3.63, 3.8) is 0 Å². The molecule has 0 bridgehead atoms. The van der Waals surface area contributed by atoms with Crippen molar-refractivity contribution in [2.75, 3.05) is 11.9 Å². The number of halogens is 3. The van der Waals surface area contributed by atoms with E-state index >= 15 is 0 Å². The second kappa shape index (κ2) is 8.95. The highest BCUT2D eigenvalue weighted by atomic mass is 35.5. The summed E-state index contributed by atoms with van der Waals surface area (Å²) in [4.78, 5) is 8.65. The maximum atomic E-state index is 13.5. The Bertz CT molecular complexity index is 1170. The van der Waals surface area contributed by atoms with Crippen LogP contribution in [0.4, 0.5) is 10.2 Å². The van der Waals surface area contributed by atoms with Crippen LogP contribution in [0.2, 0.25) is 10.0 Å². The lowest BCUT2D eigenvalue weighted by atomic mass is 9.98. The quantitative estimate of drug-likeness (QED) is 0.432. The van der Waals surface area contributed by atoms with Crippen LogP contribution < -0.4 is 5.32 Å². The second-order valence-corrected chi connectivity index (χ2v) is 7.58. The summed E-state index contributed by atoms with van der Waals surface area (Å²) in [6.45, 7) is 0.290. The molecule has 154 valence electrons. The zero-order valence-corrected chi connectivity index (χ0v) is 17.3. The molecule has 2 N–H and O–H groups in total. The minimum Gasteiger partial charge on any atom is -0.394 e. The van der Waals surface area contributed by atoms with E-state index in [1.54, 1.807) is 35.1 Å². The summed E-state index contributed by atoms with van der Waals surface area (Å²) < 4.78 is 15.1. The van der Waals surface area contributed by atoms with Crippen molar-refractivity contribution < 1.29 is 9.50 Å². The molecule has 0 saturated carbocycles. The van der Waals surface area contributed by atoms with E-state index in [0.717, 1.165) is 16.5 Å². The Morgan fingerprint density at radius 3 is 2.63 bits per heavy atom. The molecule has 9 heteroatoms. The number of aromatic nitrogens is 4. The molecule has 2 heterocycles.